The van der Waals surface area contributed by atoms with Gasteiger partial charge < -0.3 is 15.1 Å². The molecule has 0 aliphatic heterocycles. The molecule has 1 amide bonds. The Labute approximate surface area is 267 Å². The zero-order chi connectivity index (χ0) is 31.1. The number of hydrogen-bond acceptors (Lipinski definition) is 3. The van der Waals surface area contributed by atoms with Crippen molar-refractivity contribution in [3.63, 3.8) is 0 Å². The number of unbranched alkanes of at least 4 members (excludes halogenated alkanes) is 6. The number of benzene rings is 1. The average molecular weight is 612 g/mol. The van der Waals surface area contributed by atoms with Crippen LogP contribution in [0.15, 0.2) is 18.2 Å². The van der Waals surface area contributed by atoms with Crippen LogP contribution < -0.4 is 0 Å². The molecule has 0 aromatic heterocycles. The maximum atomic E-state index is 16.0. The van der Waals surface area contributed by atoms with E-state index in [4.69, 9.17) is 0 Å². The van der Waals surface area contributed by atoms with Crippen LogP contribution in [-0.2, 0) is 11.2 Å². The molecule has 44 heavy (non-hydrogen) atoms. The van der Waals surface area contributed by atoms with Crippen LogP contribution in [0.25, 0.3) is 0 Å². The van der Waals surface area contributed by atoms with Crippen LogP contribution in [0.1, 0.15) is 153 Å². The molecule has 4 aliphatic rings. The van der Waals surface area contributed by atoms with Crippen LogP contribution in [0.4, 0.5) is 4.39 Å². The molecule has 248 valence electrons. The highest BCUT2D eigenvalue weighted by Crippen LogP contribution is 2.63. The molecule has 4 aliphatic carbocycles. The Balaban J connectivity index is 1.14. The summed E-state index contributed by atoms with van der Waals surface area (Å²) >= 11 is 0. The van der Waals surface area contributed by atoms with Gasteiger partial charge in [-0.25, -0.2) is 4.39 Å². The van der Waals surface area contributed by atoms with Crippen molar-refractivity contribution in [2.24, 2.45) is 29.1 Å². The van der Waals surface area contributed by atoms with Crippen LogP contribution in [0, 0.1) is 29.1 Å². The van der Waals surface area contributed by atoms with Crippen LogP contribution in [-0.4, -0.2) is 46.4 Å². The minimum absolute atomic E-state index is 0.117. The summed E-state index contributed by atoms with van der Waals surface area (Å²) in [7, 11) is 0. The highest BCUT2D eigenvalue weighted by Gasteiger charge is 2.59. The number of alkyl halides is 1. The van der Waals surface area contributed by atoms with Gasteiger partial charge in [-0.3, -0.25) is 4.79 Å². The number of hydrogen-bond donors (Lipinski definition) is 2. The first-order valence-electron chi connectivity index (χ1n) is 18.7. The number of halogens is 1. The molecule has 1 aromatic rings. The van der Waals surface area contributed by atoms with E-state index in [9.17, 15) is 15.0 Å². The summed E-state index contributed by atoms with van der Waals surface area (Å²) in [6, 6.07) is 5.58. The van der Waals surface area contributed by atoms with Gasteiger partial charge in [-0.05, 0) is 104 Å². The maximum Gasteiger partial charge on any atom is 0.222 e. The molecule has 4 nitrogen and oxygen atoms in total. The predicted molar refractivity (Wildman–Crippen MR) is 177 cm³/mol. The number of carbonyl (C=O) groups is 1. The maximum absolute atomic E-state index is 16.0. The van der Waals surface area contributed by atoms with Crippen LogP contribution >= 0.6 is 0 Å². The summed E-state index contributed by atoms with van der Waals surface area (Å²) in [6.45, 7) is 6.19. The second-order valence-corrected chi connectivity index (χ2v) is 15.6. The lowest BCUT2D eigenvalue weighted by molar-refractivity contribution is -0.131. The first-order valence-corrected chi connectivity index (χ1v) is 18.7. The second-order valence-electron chi connectivity index (χ2n) is 15.6. The quantitative estimate of drug-likeness (QED) is 0.194. The van der Waals surface area contributed by atoms with Crippen LogP contribution in [0.2, 0.25) is 0 Å². The fourth-order valence-corrected chi connectivity index (χ4v) is 10.1. The van der Waals surface area contributed by atoms with Gasteiger partial charge in [0.1, 0.15) is 11.9 Å². The number of nitrogens with zero attached hydrogens (tertiary/aromatic N) is 1. The largest absolute Gasteiger partial charge is 0.508 e. The Morgan fingerprint density at radius 3 is 2.43 bits per heavy atom. The smallest absolute Gasteiger partial charge is 0.222 e. The number of aromatic hydroxyl groups is 1. The standard InChI is InChI=1S/C39H62FNO3/c1-3-4-5-12-23-41(36(44)22-17-28-14-9-8-10-15-28)24-13-7-6-11-16-29-25-30-26-31(42)18-19-32(30)38-34(40)27-39(2)33(37(29)38)20-21-35(39)43/h18-19,26,28-29,33-35,37-38,42-43H,3-17,20-25,27H2,1-2H3/t29-,33?,34+,35+,37?,38?,39+/m1/s1. The summed E-state index contributed by atoms with van der Waals surface area (Å²) in [6.07, 6.45) is 20.6. The van der Waals surface area contributed by atoms with Crippen LogP contribution in [0.3, 0.4) is 0 Å². The number of fused-ring (bicyclic) bond motifs is 5. The highest BCUT2D eigenvalue weighted by atomic mass is 19.1. The highest BCUT2D eigenvalue weighted by molar-refractivity contribution is 5.76. The monoisotopic (exact) mass is 611 g/mol. The normalized spacial score (nSPS) is 31.7. The summed E-state index contributed by atoms with van der Waals surface area (Å²) in [5.74, 6) is 2.31. The van der Waals surface area contributed by atoms with Crippen molar-refractivity contribution in [1.29, 1.82) is 0 Å². The molecule has 2 N–H and O–H groups in total. The second kappa shape index (κ2) is 15.8. The van der Waals surface area contributed by atoms with E-state index in [1.165, 1.54) is 51.4 Å². The van der Waals surface area contributed by atoms with E-state index in [2.05, 4.69) is 18.7 Å². The molecule has 3 unspecified atom stereocenters. The van der Waals surface area contributed by atoms with Gasteiger partial charge in [0.15, 0.2) is 0 Å². The molecule has 0 heterocycles. The minimum Gasteiger partial charge on any atom is -0.508 e. The van der Waals surface area contributed by atoms with E-state index in [-0.39, 0.29) is 23.0 Å². The Morgan fingerprint density at radius 1 is 0.955 bits per heavy atom. The molecule has 5 heteroatoms. The molecule has 1 aromatic carbocycles. The average Bonchev–Trinajstić information content (AvgIpc) is 3.31. The van der Waals surface area contributed by atoms with E-state index >= 15 is 4.39 Å². The minimum atomic E-state index is -0.945. The van der Waals surface area contributed by atoms with Crippen molar-refractivity contribution in [3.8, 4) is 5.75 Å². The van der Waals surface area contributed by atoms with Gasteiger partial charge >= 0.3 is 0 Å². The molecular formula is C39H62FNO3. The summed E-state index contributed by atoms with van der Waals surface area (Å²) in [5, 5.41) is 21.2. The van der Waals surface area contributed by atoms with E-state index in [1.54, 1.807) is 6.07 Å². The molecule has 0 radical (unpaired) electrons. The molecule has 3 fully saturated rings. The summed E-state index contributed by atoms with van der Waals surface area (Å²) in [5.41, 5.74) is 1.91. The van der Waals surface area contributed by atoms with Gasteiger partial charge in [-0.15, -0.1) is 0 Å². The Kier molecular flexibility index (Phi) is 12.1. The van der Waals surface area contributed by atoms with E-state index in [0.29, 0.717) is 24.2 Å². The lowest BCUT2D eigenvalue weighted by Gasteiger charge is -2.54. The summed E-state index contributed by atoms with van der Waals surface area (Å²) < 4.78 is 16.0. The van der Waals surface area contributed by atoms with Gasteiger partial charge in [-0.1, -0.05) is 90.5 Å². The van der Waals surface area contributed by atoms with Gasteiger partial charge in [0.2, 0.25) is 5.91 Å². The number of rotatable bonds is 15. The summed E-state index contributed by atoms with van der Waals surface area (Å²) in [4.78, 5) is 15.4. The molecule has 5 rings (SSSR count). The van der Waals surface area contributed by atoms with E-state index < -0.39 is 12.3 Å². The van der Waals surface area contributed by atoms with Gasteiger partial charge in [0, 0.05) is 25.4 Å². The van der Waals surface area contributed by atoms with Crippen LogP contribution in [0.5, 0.6) is 5.75 Å². The Morgan fingerprint density at radius 2 is 1.68 bits per heavy atom. The zero-order valence-corrected chi connectivity index (χ0v) is 28.0. The van der Waals surface area contributed by atoms with Crippen molar-refractivity contribution in [2.45, 2.75) is 160 Å². The number of carbonyl (C=O) groups excluding carboxylic acids is 1. The lowest BCUT2D eigenvalue weighted by atomic mass is 9.51. The molecule has 0 bridgehead atoms. The molecule has 3 saturated carbocycles. The Hall–Kier alpha value is -1.62. The number of phenolic OH excluding ortho intramolecular Hbond substituents is 1. The fourth-order valence-electron chi connectivity index (χ4n) is 10.1. The third-order valence-corrected chi connectivity index (χ3v) is 12.7. The van der Waals surface area contributed by atoms with E-state index in [1.807, 2.05) is 12.1 Å². The van der Waals surface area contributed by atoms with Gasteiger partial charge in [0.05, 0.1) is 6.10 Å². The third-order valence-electron chi connectivity index (χ3n) is 12.7. The number of amides is 1. The third kappa shape index (κ3) is 7.84. The van der Waals surface area contributed by atoms with Gasteiger partial charge in [0.25, 0.3) is 0 Å². The predicted octanol–water partition coefficient (Wildman–Crippen LogP) is 9.50. The van der Waals surface area contributed by atoms with Crippen molar-refractivity contribution in [2.75, 3.05) is 13.1 Å². The molecule has 7 atom stereocenters. The van der Waals surface area contributed by atoms with Crippen molar-refractivity contribution in [3.05, 3.63) is 29.3 Å². The fraction of sp³-hybridized carbons (Fsp3) is 0.821. The number of aliphatic hydroxyl groups is 1. The Bertz CT molecular complexity index is 1060. The van der Waals surface area contributed by atoms with E-state index in [0.717, 1.165) is 101 Å². The topological polar surface area (TPSA) is 60.8 Å². The molecular weight excluding hydrogens is 549 g/mol. The van der Waals surface area contributed by atoms with Crippen molar-refractivity contribution in [1.82, 2.24) is 4.90 Å². The van der Waals surface area contributed by atoms with Crippen molar-refractivity contribution >= 4 is 5.91 Å². The van der Waals surface area contributed by atoms with Crippen molar-refractivity contribution < 1.29 is 19.4 Å². The SMILES string of the molecule is CCCCCCN(CCCCCC[C@@H]1Cc2cc(O)ccc2C2C1C1CC[C@H](O)[C@@]1(C)C[C@@H]2F)C(=O)CCC1CCCCC1. The molecule has 0 saturated heterocycles. The van der Waals surface area contributed by atoms with Gasteiger partial charge in [-0.2, -0.15) is 0 Å². The first-order chi connectivity index (χ1) is 21.3. The number of phenols is 1. The zero-order valence-electron chi connectivity index (χ0n) is 28.0. The molecule has 0 spiro atoms. The lowest BCUT2D eigenvalue weighted by Crippen LogP contribution is -2.51. The number of aliphatic hydroxyl groups excluding tert-OH is 1. The first kappa shape index (κ1) is 33.7.